The Bertz CT molecular complexity index is 725. The first-order valence-corrected chi connectivity index (χ1v) is 8.85. The zero-order chi connectivity index (χ0) is 15.6. The predicted molar refractivity (Wildman–Crippen MR) is 89.8 cm³/mol. The summed E-state index contributed by atoms with van der Waals surface area (Å²) >= 11 is 0. The molecule has 2 aromatic rings. The number of phenolic OH excluding ortho intramolecular Hbond substituents is 2. The molecule has 23 heavy (non-hydrogen) atoms. The zero-order valence-corrected chi connectivity index (χ0v) is 13.3. The Morgan fingerprint density at radius 1 is 0.739 bits per heavy atom. The van der Waals surface area contributed by atoms with E-state index in [9.17, 15) is 10.2 Å². The zero-order valence-electron chi connectivity index (χ0n) is 13.3. The number of phenols is 2. The lowest BCUT2D eigenvalue weighted by atomic mass is 9.64. The standard InChI is InChI=1S/C21H22O2/c22-17-9-3-5-13-11-15-7-1-2-8-16-12-14-6-4-10-18(23)20(14)21(15,16)19(13)17/h3-6,9-10,15-16,22-23H,1-2,7-8,11-12H2/t15-,16-,21?/m1/s1. The summed E-state index contributed by atoms with van der Waals surface area (Å²) in [4.78, 5) is 0. The quantitative estimate of drug-likeness (QED) is 0.761. The van der Waals surface area contributed by atoms with Crippen LogP contribution in [0.3, 0.4) is 0 Å². The molecule has 2 nitrogen and oxygen atoms in total. The molecule has 3 aliphatic rings. The summed E-state index contributed by atoms with van der Waals surface area (Å²) in [5, 5.41) is 21.5. The fourth-order valence-corrected chi connectivity index (χ4v) is 6.04. The van der Waals surface area contributed by atoms with Gasteiger partial charge >= 0.3 is 0 Å². The summed E-state index contributed by atoms with van der Waals surface area (Å²) in [6, 6.07) is 11.9. The van der Waals surface area contributed by atoms with Crippen molar-refractivity contribution < 1.29 is 10.2 Å². The average Bonchev–Trinajstić information content (AvgIpc) is 2.98. The summed E-state index contributed by atoms with van der Waals surface area (Å²) in [5.41, 5.74) is 4.66. The smallest absolute Gasteiger partial charge is 0.119 e. The highest BCUT2D eigenvalue weighted by Gasteiger charge is 2.59. The van der Waals surface area contributed by atoms with Crippen molar-refractivity contribution in [2.45, 2.75) is 43.9 Å². The van der Waals surface area contributed by atoms with Crippen LogP contribution in [-0.4, -0.2) is 10.2 Å². The lowest BCUT2D eigenvalue weighted by Gasteiger charge is -2.38. The van der Waals surface area contributed by atoms with Gasteiger partial charge in [0.05, 0.1) is 0 Å². The molecule has 5 rings (SSSR count). The van der Waals surface area contributed by atoms with Crippen LogP contribution in [0, 0.1) is 11.8 Å². The SMILES string of the molecule is Oc1cccc2c1C13c4c(O)cccc4C[C@H]1CCCC[C@@H]3C2. The van der Waals surface area contributed by atoms with E-state index in [4.69, 9.17) is 0 Å². The fourth-order valence-electron chi connectivity index (χ4n) is 6.04. The molecule has 0 bridgehead atoms. The molecule has 3 aliphatic carbocycles. The van der Waals surface area contributed by atoms with Gasteiger partial charge in [-0.15, -0.1) is 0 Å². The second-order valence-electron chi connectivity index (χ2n) is 7.58. The van der Waals surface area contributed by atoms with Gasteiger partial charge in [-0.25, -0.2) is 0 Å². The summed E-state index contributed by atoms with van der Waals surface area (Å²) in [6.45, 7) is 0. The van der Waals surface area contributed by atoms with Crippen LogP contribution in [0.4, 0.5) is 0 Å². The number of hydrogen-bond acceptors (Lipinski definition) is 2. The largest absolute Gasteiger partial charge is 0.508 e. The van der Waals surface area contributed by atoms with E-state index < -0.39 is 0 Å². The Kier molecular flexibility index (Phi) is 2.66. The van der Waals surface area contributed by atoms with Crippen molar-refractivity contribution >= 4 is 0 Å². The molecule has 1 spiro atoms. The van der Waals surface area contributed by atoms with E-state index in [1.165, 1.54) is 36.8 Å². The third-order valence-electron chi connectivity index (χ3n) is 6.66. The van der Waals surface area contributed by atoms with Crippen LogP contribution in [0.2, 0.25) is 0 Å². The van der Waals surface area contributed by atoms with Crippen LogP contribution >= 0.6 is 0 Å². The first kappa shape index (κ1) is 13.5. The van der Waals surface area contributed by atoms with E-state index in [0.717, 1.165) is 24.0 Å². The molecular weight excluding hydrogens is 284 g/mol. The minimum Gasteiger partial charge on any atom is -0.508 e. The highest BCUT2D eigenvalue weighted by molar-refractivity contribution is 5.63. The molecular formula is C21H22O2. The molecule has 0 heterocycles. The van der Waals surface area contributed by atoms with Crippen molar-refractivity contribution in [2.75, 3.05) is 0 Å². The lowest BCUT2D eigenvalue weighted by Crippen LogP contribution is -2.37. The Morgan fingerprint density at radius 3 is 1.70 bits per heavy atom. The molecule has 2 atom stereocenters. The summed E-state index contributed by atoms with van der Waals surface area (Å²) in [7, 11) is 0. The first-order valence-electron chi connectivity index (χ1n) is 8.85. The van der Waals surface area contributed by atoms with Gasteiger partial charge in [-0.05, 0) is 60.8 Å². The van der Waals surface area contributed by atoms with E-state index in [2.05, 4.69) is 12.1 Å². The van der Waals surface area contributed by atoms with E-state index in [-0.39, 0.29) is 5.41 Å². The molecule has 0 unspecified atom stereocenters. The minimum absolute atomic E-state index is 0.169. The Morgan fingerprint density at radius 2 is 1.22 bits per heavy atom. The Labute approximate surface area is 136 Å². The summed E-state index contributed by atoms with van der Waals surface area (Å²) in [5.74, 6) is 1.86. The third kappa shape index (κ3) is 1.54. The average molecular weight is 306 g/mol. The Hall–Kier alpha value is -1.96. The van der Waals surface area contributed by atoms with E-state index in [1.807, 2.05) is 24.3 Å². The van der Waals surface area contributed by atoms with Crippen LogP contribution in [0.15, 0.2) is 36.4 Å². The predicted octanol–water partition coefficient (Wildman–Crippen LogP) is 4.30. The number of fused-ring (bicyclic) bond motifs is 2. The summed E-state index contributed by atoms with van der Waals surface area (Å²) < 4.78 is 0. The van der Waals surface area contributed by atoms with Crippen molar-refractivity contribution in [3.63, 3.8) is 0 Å². The topological polar surface area (TPSA) is 40.5 Å². The van der Waals surface area contributed by atoms with Gasteiger partial charge in [-0.1, -0.05) is 37.1 Å². The van der Waals surface area contributed by atoms with Crippen molar-refractivity contribution in [3.05, 3.63) is 58.7 Å². The maximum Gasteiger partial charge on any atom is 0.119 e. The van der Waals surface area contributed by atoms with Crippen LogP contribution in [0.25, 0.3) is 0 Å². The number of aromatic hydroxyl groups is 2. The molecule has 1 fully saturated rings. The molecule has 1 saturated carbocycles. The van der Waals surface area contributed by atoms with Crippen LogP contribution in [-0.2, 0) is 18.3 Å². The molecule has 0 amide bonds. The van der Waals surface area contributed by atoms with E-state index >= 15 is 0 Å². The molecule has 0 saturated heterocycles. The number of rotatable bonds is 0. The van der Waals surface area contributed by atoms with Gasteiger partial charge in [0.1, 0.15) is 11.5 Å². The Balaban J connectivity index is 1.88. The van der Waals surface area contributed by atoms with Gasteiger partial charge in [0.2, 0.25) is 0 Å². The van der Waals surface area contributed by atoms with Gasteiger partial charge in [-0.3, -0.25) is 0 Å². The number of hydrogen-bond donors (Lipinski definition) is 2. The molecule has 2 N–H and O–H groups in total. The lowest BCUT2D eigenvalue weighted by molar-refractivity contribution is 0.246. The molecule has 2 aromatic carbocycles. The van der Waals surface area contributed by atoms with Crippen molar-refractivity contribution in [3.8, 4) is 11.5 Å². The van der Waals surface area contributed by atoms with Gasteiger partial charge in [0, 0.05) is 16.5 Å². The second-order valence-corrected chi connectivity index (χ2v) is 7.58. The van der Waals surface area contributed by atoms with Crippen molar-refractivity contribution in [2.24, 2.45) is 11.8 Å². The molecule has 0 radical (unpaired) electrons. The second kappa shape index (κ2) is 4.53. The van der Waals surface area contributed by atoms with Gasteiger partial charge < -0.3 is 10.2 Å². The number of benzene rings is 2. The summed E-state index contributed by atoms with van der Waals surface area (Å²) in [6.07, 6.45) is 6.99. The van der Waals surface area contributed by atoms with Crippen molar-refractivity contribution in [1.29, 1.82) is 0 Å². The molecule has 0 aromatic heterocycles. The maximum absolute atomic E-state index is 10.7. The molecule has 2 heteroatoms. The van der Waals surface area contributed by atoms with Gasteiger partial charge in [0.15, 0.2) is 0 Å². The van der Waals surface area contributed by atoms with Crippen LogP contribution < -0.4 is 0 Å². The van der Waals surface area contributed by atoms with Crippen molar-refractivity contribution in [1.82, 2.24) is 0 Å². The minimum atomic E-state index is -0.169. The molecule has 0 aliphatic heterocycles. The van der Waals surface area contributed by atoms with Gasteiger partial charge in [0.25, 0.3) is 0 Å². The highest BCUT2D eigenvalue weighted by Crippen LogP contribution is 2.64. The van der Waals surface area contributed by atoms with E-state index in [0.29, 0.717) is 23.3 Å². The first-order chi connectivity index (χ1) is 11.2. The normalized spacial score (nSPS) is 31.0. The fraction of sp³-hybridized carbons (Fsp3) is 0.429. The maximum atomic E-state index is 10.7. The van der Waals surface area contributed by atoms with Crippen LogP contribution in [0.1, 0.15) is 47.9 Å². The van der Waals surface area contributed by atoms with Crippen LogP contribution in [0.5, 0.6) is 11.5 Å². The third-order valence-corrected chi connectivity index (χ3v) is 6.66. The highest BCUT2D eigenvalue weighted by atomic mass is 16.3. The van der Waals surface area contributed by atoms with Gasteiger partial charge in [-0.2, -0.15) is 0 Å². The molecule has 118 valence electrons. The monoisotopic (exact) mass is 306 g/mol. The van der Waals surface area contributed by atoms with E-state index in [1.54, 1.807) is 0 Å².